The van der Waals surface area contributed by atoms with E-state index in [0.29, 0.717) is 16.3 Å². The molecule has 3 aromatic rings. The van der Waals surface area contributed by atoms with Gasteiger partial charge in [-0.25, -0.2) is 4.98 Å². The first-order valence-electron chi connectivity index (χ1n) is 8.58. The molecule has 1 N–H and O–H groups in total. The number of hydrogen-bond donors (Lipinski definition) is 1. The van der Waals surface area contributed by atoms with E-state index in [1.807, 2.05) is 49.4 Å². The second kappa shape index (κ2) is 8.64. The van der Waals surface area contributed by atoms with Crippen LogP contribution in [0.15, 0.2) is 54.6 Å². The molecule has 138 valence electrons. The maximum Gasteiger partial charge on any atom is 0.307 e. The van der Waals surface area contributed by atoms with Crippen LogP contribution in [0.1, 0.15) is 27.9 Å². The summed E-state index contributed by atoms with van der Waals surface area (Å²) in [5.74, 6) is -0.619. The van der Waals surface area contributed by atoms with Crippen molar-refractivity contribution in [3.8, 4) is 0 Å². The first kappa shape index (κ1) is 18.9. The molecule has 0 bridgehead atoms. The number of esters is 1. The molecule has 0 atom stereocenters. The Hall–Kier alpha value is -2.92. The molecule has 0 unspecified atom stereocenters. The molecule has 0 aliphatic rings. The Kier molecular flexibility index (Phi) is 6.04. The summed E-state index contributed by atoms with van der Waals surface area (Å²) >= 11 is 6.16. The fourth-order valence-electron chi connectivity index (χ4n) is 2.67. The van der Waals surface area contributed by atoms with Crippen LogP contribution in [0.25, 0.3) is 10.9 Å². The molecule has 0 aliphatic heterocycles. The minimum absolute atomic E-state index is 0.0429. The smallest absolute Gasteiger partial charge is 0.307 e. The number of nitrogens with one attached hydrogen (secondary N) is 1. The summed E-state index contributed by atoms with van der Waals surface area (Å²) in [6.45, 7) is 2.11. The van der Waals surface area contributed by atoms with E-state index in [2.05, 4.69) is 10.3 Å². The summed E-state index contributed by atoms with van der Waals surface area (Å²) in [5, 5.41) is 3.97. The van der Waals surface area contributed by atoms with Crippen LogP contribution in [0, 0.1) is 6.92 Å². The number of aryl methyl sites for hydroxylation is 1. The number of fused-ring (bicyclic) bond motifs is 1. The summed E-state index contributed by atoms with van der Waals surface area (Å²) < 4.78 is 5.25. The fourth-order valence-corrected chi connectivity index (χ4v) is 2.87. The summed E-state index contributed by atoms with van der Waals surface area (Å²) in [6.07, 6.45) is 0.0796. The largest absolute Gasteiger partial charge is 0.461 e. The molecule has 1 aromatic heterocycles. The predicted molar refractivity (Wildman–Crippen MR) is 105 cm³/mol. The van der Waals surface area contributed by atoms with Crippen molar-refractivity contribution in [2.45, 2.75) is 20.0 Å². The quantitative estimate of drug-likeness (QED) is 0.515. The normalized spacial score (nSPS) is 10.6. The van der Waals surface area contributed by atoms with Crippen LogP contribution in [0.4, 0.5) is 0 Å². The van der Waals surface area contributed by atoms with Crippen molar-refractivity contribution in [1.29, 1.82) is 0 Å². The molecule has 5 nitrogen and oxygen atoms in total. The maximum atomic E-state index is 12.1. The number of rotatable bonds is 6. The zero-order chi connectivity index (χ0) is 19.2. The molecule has 1 heterocycles. The monoisotopic (exact) mass is 382 g/mol. The average Bonchev–Trinajstić information content (AvgIpc) is 2.66. The van der Waals surface area contributed by atoms with E-state index in [4.69, 9.17) is 16.3 Å². The lowest BCUT2D eigenvalue weighted by Crippen LogP contribution is -2.27. The highest BCUT2D eigenvalue weighted by molar-refractivity contribution is 6.30. The molecule has 2 aromatic carbocycles. The number of aromatic nitrogens is 1. The van der Waals surface area contributed by atoms with Crippen LogP contribution >= 0.6 is 11.6 Å². The summed E-state index contributed by atoms with van der Waals surface area (Å²) in [6, 6.07) is 16.7. The van der Waals surface area contributed by atoms with Crippen molar-refractivity contribution in [3.63, 3.8) is 0 Å². The second-order valence-corrected chi connectivity index (χ2v) is 6.47. The molecule has 0 fully saturated rings. The third-order valence-corrected chi connectivity index (χ3v) is 4.47. The van der Waals surface area contributed by atoms with Gasteiger partial charge in [0.2, 0.25) is 0 Å². The van der Waals surface area contributed by atoms with E-state index in [1.54, 1.807) is 12.1 Å². The van der Waals surface area contributed by atoms with Crippen molar-refractivity contribution in [2.24, 2.45) is 0 Å². The Morgan fingerprint density at radius 3 is 2.67 bits per heavy atom. The molecule has 27 heavy (non-hydrogen) atoms. The van der Waals surface area contributed by atoms with Crippen LogP contribution in [0.2, 0.25) is 5.15 Å². The molecule has 0 radical (unpaired) electrons. The molecule has 6 heteroatoms. The number of nitrogens with zero attached hydrogens (tertiary/aromatic N) is 1. The number of carbonyl (C=O) groups excluding carboxylic acids is 2. The van der Waals surface area contributed by atoms with E-state index < -0.39 is 5.97 Å². The number of carbonyl (C=O) groups is 2. The van der Waals surface area contributed by atoms with Gasteiger partial charge in [-0.1, -0.05) is 48.0 Å². The average molecular weight is 383 g/mol. The number of para-hydroxylation sites is 1. The summed E-state index contributed by atoms with van der Waals surface area (Å²) in [5.41, 5.74) is 2.92. The van der Waals surface area contributed by atoms with Crippen molar-refractivity contribution in [2.75, 3.05) is 6.54 Å². The topological polar surface area (TPSA) is 68.3 Å². The van der Waals surface area contributed by atoms with Gasteiger partial charge < -0.3 is 10.1 Å². The minimum Gasteiger partial charge on any atom is -0.461 e. The lowest BCUT2D eigenvalue weighted by Gasteiger charge is -2.09. The standard InChI is InChI=1S/C21H19ClN2O3/c1-14-6-2-4-8-17(14)21(26)23-11-10-19(25)27-13-16-12-15-7-3-5-9-18(15)24-20(16)22/h2-9,12H,10-11,13H2,1H3,(H,23,26). The van der Waals surface area contributed by atoms with Gasteiger partial charge >= 0.3 is 5.97 Å². The summed E-state index contributed by atoms with van der Waals surface area (Å²) in [4.78, 5) is 28.3. The molecular weight excluding hydrogens is 364 g/mol. The van der Waals surface area contributed by atoms with Gasteiger partial charge in [-0.2, -0.15) is 0 Å². The highest BCUT2D eigenvalue weighted by atomic mass is 35.5. The van der Waals surface area contributed by atoms with E-state index in [9.17, 15) is 9.59 Å². The van der Waals surface area contributed by atoms with Crippen molar-refractivity contribution in [1.82, 2.24) is 10.3 Å². The van der Waals surface area contributed by atoms with Crippen molar-refractivity contribution >= 4 is 34.4 Å². The Morgan fingerprint density at radius 2 is 1.85 bits per heavy atom. The molecule has 0 aliphatic carbocycles. The van der Waals surface area contributed by atoms with E-state index >= 15 is 0 Å². The van der Waals surface area contributed by atoms with E-state index in [0.717, 1.165) is 16.5 Å². The SMILES string of the molecule is Cc1ccccc1C(=O)NCCC(=O)OCc1cc2ccccc2nc1Cl. The molecule has 0 spiro atoms. The van der Waals surface area contributed by atoms with Gasteiger partial charge in [-0.05, 0) is 30.7 Å². The second-order valence-electron chi connectivity index (χ2n) is 6.11. The van der Waals surface area contributed by atoms with Crippen LogP contribution in [-0.2, 0) is 16.1 Å². The number of pyridine rings is 1. The fraction of sp³-hybridized carbons (Fsp3) is 0.190. The van der Waals surface area contributed by atoms with Gasteiger partial charge in [0.05, 0.1) is 11.9 Å². The Morgan fingerprint density at radius 1 is 1.11 bits per heavy atom. The lowest BCUT2D eigenvalue weighted by molar-refractivity contribution is -0.144. The molecule has 0 saturated heterocycles. The van der Waals surface area contributed by atoms with E-state index in [1.165, 1.54) is 0 Å². The van der Waals surface area contributed by atoms with Crippen molar-refractivity contribution in [3.05, 3.63) is 76.4 Å². The zero-order valence-electron chi connectivity index (χ0n) is 14.9. The summed E-state index contributed by atoms with van der Waals surface area (Å²) in [7, 11) is 0. The van der Waals surface area contributed by atoms with Crippen LogP contribution in [-0.4, -0.2) is 23.4 Å². The predicted octanol–water partition coefficient (Wildman–Crippen LogP) is 4.06. The maximum absolute atomic E-state index is 12.1. The van der Waals surface area contributed by atoms with Crippen LogP contribution in [0.3, 0.4) is 0 Å². The lowest BCUT2D eigenvalue weighted by atomic mass is 10.1. The first-order valence-corrected chi connectivity index (χ1v) is 8.96. The van der Waals surface area contributed by atoms with Gasteiger partial charge in [-0.3, -0.25) is 9.59 Å². The third kappa shape index (κ3) is 4.83. The minimum atomic E-state index is -0.413. The van der Waals surface area contributed by atoms with Gasteiger partial charge in [0.15, 0.2) is 0 Å². The number of hydrogen-bond acceptors (Lipinski definition) is 4. The van der Waals surface area contributed by atoms with E-state index in [-0.39, 0.29) is 25.5 Å². The zero-order valence-corrected chi connectivity index (χ0v) is 15.6. The van der Waals surface area contributed by atoms with Crippen LogP contribution in [0.5, 0.6) is 0 Å². The van der Waals surface area contributed by atoms with Crippen molar-refractivity contribution < 1.29 is 14.3 Å². The number of halogens is 1. The first-order chi connectivity index (χ1) is 13.0. The molecule has 3 rings (SSSR count). The Bertz CT molecular complexity index is 988. The Balaban J connectivity index is 1.49. The number of benzene rings is 2. The van der Waals surface area contributed by atoms with Gasteiger partial charge in [0.1, 0.15) is 11.8 Å². The molecule has 0 saturated carbocycles. The van der Waals surface area contributed by atoms with Crippen LogP contribution < -0.4 is 5.32 Å². The highest BCUT2D eigenvalue weighted by Gasteiger charge is 2.11. The van der Waals surface area contributed by atoms with Gasteiger partial charge in [0.25, 0.3) is 5.91 Å². The Labute approximate surface area is 162 Å². The highest BCUT2D eigenvalue weighted by Crippen LogP contribution is 2.21. The third-order valence-electron chi connectivity index (χ3n) is 4.14. The molecular formula is C21H19ClN2O3. The number of amides is 1. The number of ether oxygens (including phenoxy) is 1. The molecule has 1 amide bonds. The van der Waals surface area contributed by atoms with Gasteiger partial charge in [-0.15, -0.1) is 0 Å². The van der Waals surface area contributed by atoms with Gasteiger partial charge in [0, 0.05) is 23.1 Å².